The molecule has 0 fully saturated rings. The van der Waals surface area contributed by atoms with Crippen LogP contribution in [-0.2, 0) is 4.84 Å². The number of oxime groups is 1. The van der Waals surface area contributed by atoms with Gasteiger partial charge in [0.2, 0.25) is 6.54 Å². The van der Waals surface area contributed by atoms with Gasteiger partial charge >= 0.3 is 0 Å². The molecule has 15 heavy (non-hydrogen) atoms. The fourth-order valence-corrected chi connectivity index (χ4v) is 1.31. The molecule has 5 nitrogen and oxygen atoms in total. The van der Waals surface area contributed by atoms with Crippen molar-refractivity contribution in [1.82, 2.24) is 0 Å². The molecule has 0 amide bonds. The highest BCUT2D eigenvalue weighted by molar-refractivity contribution is 9.10. The van der Waals surface area contributed by atoms with Crippen molar-refractivity contribution in [2.75, 3.05) is 13.7 Å². The number of benzene rings is 1. The maximum absolute atomic E-state index is 10.4. The van der Waals surface area contributed by atoms with Gasteiger partial charge in [0.25, 0.3) is 0 Å². The largest absolute Gasteiger partial charge is 0.399 e. The van der Waals surface area contributed by atoms with E-state index in [1.54, 1.807) is 24.3 Å². The van der Waals surface area contributed by atoms with Crippen molar-refractivity contribution < 1.29 is 9.76 Å². The lowest BCUT2D eigenvalue weighted by Crippen LogP contribution is -2.15. The van der Waals surface area contributed by atoms with E-state index in [0.717, 1.165) is 4.47 Å². The minimum absolute atomic E-state index is 0.301. The van der Waals surface area contributed by atoms with Gasteiger partial charge in [0, 0.05) is 15.0 Å². The molecule has 0 radical (unpaired) electrons. The van der Waals surface area contributed by atoms with E-state index in [4.69, 9.17) is 0 Å². The van der Waals surface area contributed by atoms with Gasteiger partial charge in [0.05, 0.1) is 0 Å². The molecule has 0 atom stereocenters. The summed E-state index contributed by atoms with van der Waals surface area (Å²) >= 11 is 3.28. The number of hydrogen-bond acceptors (Lipinski definition) is 4. The predicted molar refractivity (Wildman–Crippen MR) is 59.5 cm³/mol. The van der Waals surface area contributed by atoms with Crippen molar-refractivity contribution in [2.45, 2.75) is 0 Å². The second-order valence-electron chi connectivity index (χ2n) is 2.72. The van der Waals surface area contributed by atoms with Crippen molar-refractivity contribution in [2.24, 2.45) is 5.16 Å². The number of nitro groups is 1. The molecule has 0 aliphatic rings. The predicted octanol–water partition coefficient (Wildman–Crippen LogP) is 2.08. The Bertz CT molecular complexity index is 375. The normalized spacial score (nSPS) is 11.2. The Balaban J connectivity index is 2.94. The molecule has 0 saturated carbocycles. The Kier molecular flexibility index (Phi) is 4.23. The molecule has 0 unspecified atom stereocenters. The molecule has 0 N–H and O–H groups in total. The number of nitrogens with zero attached hydrogens (tertiary/aromatic N) is 2. The maximum atomic E-state index is 10.4. The van der Waals surface area contributed by atoms with Crippen molar-refractivity contribution in [3.05, 3.63) is 44.4 Å². The molecule has 80 valence electrons. The zero-order valence-corrected chi connectivity index (χ0v) is 9.60. The zero-order valence-electron chi connectivity index (χ0n) is 8.01. The first-order valence-corrected chi connectivity index (χ1v) is 4.90. The monoisotopic (exact) mass is 272 g/mol. The minimum Gasteiger partial charge on any atom is -0.399 e. The average Bonchev–Trinajstić information content (AvgIpc) is 2.17. The van der Waals surface area contributed by atoms with Gasteiger partial charge in [-0.05, 0) is 12.1 Å². The first kappa shape index (κ1) is 11.6. The van der Waals surface area contributed by atoms with Crippen LogP contribution >= 0.6 is 15.9 Å². The molecule has 1 aromatic rings. The van der Waals surface area contributed by atoms with E-state index in [9.17, 15) is 10.1 Å². The van der Waals surface area contributed by atoms with Crippen LogP contribution in [0.15, 0.2) is 33.9 Å². The van der Waals surface area contributed by atoms with Crippen molar-refractivity contribution >= 4 is 21.6 Å². The topological polar surface area (TPSA) is 64.7 Å². The van der Waals surface area contributed by atoms with Crippen LogP contribution in [0.25, 0.3) is 0 Å². The first-order valence-electron chi connectivity index (χ1n) is 4.11. The van der Waals surface area contributed by atoms with Crippen LogP contribution in [0.4, 0.5) is 0 Å². The molecule has 6 heteroatoms. The smallest absolute Gasteiger partial charge is 0.249 e. The van der Waals surface area contributed by atoms with E-state index in [1.165, 1.54) is 7.11 Å². The summed E-state index contributed by atoms with van der Waals surface area (Å²) in [6, 6.07) is 7.07. The molecular formula is C9H9BrN2O3. The van der Waals surface area contributed by atoms with E-state index in [-0.39, 0.29) is 6.54 Å². The highest BCUT2D eigenvalue weighted by Gasteiger charge is 2.11. The fourth-order valence-electron chi connectivity index (χ4n) is 1.05. The van der Waals surface area contributed by atoms with Crippen LogP contribution in [0.1, 0.15) is 5.56 Å². The third-order valence-corrected chi connectivity index (χ3v) is 2.19. The van der Waals surface area contributed by atoms with Gasteiger partial charge in [-0.2, -0.15) is 0 Å². The molecule has 0 aromatic heterocycles. The number of hydrogen-bond donors (Lipinski definition) is 0. The summed E-state index contributed by atoms with van der Waals surface area (Å²) in [6.07, 6.45) is 0. The van der Waals surface area contributed by atoms with Crippen LogP contribution in [0.5, 0.6) is 0 Å². The Morgan fingerprint density at radius 1 is 1.53 bits per heavy atom. The van der Waals surface area contributed by atoms with Gasteiger partial charge in [-0.25, -0.2) is 0 Å². The summed E-state index contributed by atoms with van der Waals surface area (Å²) in [4.78, 5) is 14.5. The van der Waals surface area contributed by atoms with E-state index in [0.29, 0.717) is 11.3 Å². The summed E-state index contributed by atoms with van der Waals surface area (Å²) < 4.78 is 0.907. The Morgan fingerprint density at radius 2 is 2.13 bits per heavy atom. The maximum Gasteiger partial charge on any atom is 0.249 e. The molecule has 0 bridgehead atoms. The van der Waals surface area contributed by atoms with E-state index in [1.807, 2.05) is 0 Å². The van der Waals surface area contributed by atoms with Gasteiger partial charge in [-0.1, -0.05) is 33.2 Å². The number of halogens is 1. The summed E-state index contributed by atoms with van der Waals surface area (Å²) in [5.74, 6) is 0. The van der Waals surface area contributed by atoms with Crippen molar-refractivity contribution in [3.8, 4) is 0 Å². The van der Waals surface area contributed by atoms with Gasteiger partial charge < -0.3 is 4.84 Å². The molecule has 0 heterocycles. The highest BCUT2D eigenvalue weighted by atomic mass is 79.9. The SMILES string of the molecule is CON=C(C[N+](=O)[O-])c1ccc(Br)cc1. The summed E-state index contributed by atoms with van der Waals surface area (Å²) in [5, 5.41) is 14.0. The van der Waals surface area contributed by atoms with E-state index < -0.39 is 4.92 Å². The summed E-state index contributed by atoms with van der Waals surface area (Å²) in [5.41, 5.74) is 0.978. The Hall–Kier alpha value is -1.43. The Morgan fingerprint density at radius 3 is 2.60 bits per heavy atom. The van der Waals surface area contributed by atoms with Crippen LogP contribution in [0, 0.1) is 10.1 Å². The quantitative estimate of drug-likeness (QED) is 0.479. The molecule has 1 rings (SSSR count). The molecule has 0 saturated heterocycles. The second-order valence-corrected chi connectivity index (χ2v) is 3.63. The lowest BCUT2D eigenvalue weighted by molar-refractivity contribution is -0.463. The summed E-state index contributed by atoms with van der Waals surface area (Å²) in [7, 11) is 1.36. The van der Waals surface area contributed by atoms with Crippen LogP contribution in [0.3, 0.4) is 0 Å². The summed E-state index contributed by atoms with van der Waals surface area (Å²) in [6.45, 7) is -0.352. The highest BCUT2D eigenvalue weighted by Crippen LogP contribution is 2.11. The van der Waals surface area contributed by atoms with Crippen LogP contribution in [-0.4, -0.2) is 24.3 Å². The molecule has 1 aromatic carbocycles. The van der Waals surface area contributed by atoms with E-state index in [2.05, 4.69) is 25.9 Å². The van der Waals surface area contributed by atoms with Gasteiger partial charge in [-0.15, -0.1) is 0 Å². The Labute approximate surface area is 95.0 Å². The zero-order chi connectivity index (χ0) is 11.3. The molecule has 0 aliphatic carbocycles. The standard InChI is InChI=1S/C9H9BrN2O3/c1-15-11-9(6-12(13)14)7-2-4-8(10)5-3-7/h2-5H,6H2,1H3. The van der Waals surface area contributed by atoms with Crippen LogP contribution in [0.2, 0.25) is 0 Å². The van der Waals surface area contributed by atoms with E-state index >= 15 is 0 Å². The molecular weight excluding hydrogens is 264 g/mol. The van der Waals surface area contributed by atoms with Gasteiger partial charge in [-0.3, -0.25) is 10.1 Å². The second kappa shape index (κ2) is 5.45. The molecule has 0 aliphatic heterocycles. The fraction of sp³-hybridized carbons (Fsp3) is 0.222. The third kappa shape index (κ3) is 3.67. The average molecular weight is 273 g/mol. The number of rotatable bonds is 4. The van der Waals surface area contributed by atoms with Crippen molar-refractivity contribution in [3.63, 3.8) is 0 Å². The lowest BCUT2D eigenvalue weighted by Gasteiger charge is -2.01. The minimum atomic E-state index is -0.445. The molecule has 0 spiro atoms. The van der Waals surface area contributed by atoms with Gasteiger partial charge in [0.1, 0.15) is 7.11 Å². The lowest BCUT2D eigenvalue weighted by atomic mass is 10.1. The third-order valence-electron chi connectivity index (χ3n) is 1.66. The van der Waals surface area contributed by atoms with Crippen molar-refractivity contribution in [1.29, 1.82) is 0 Å². The van der Waals surface area contributed by atoms with Gasteiger partial charge in [0.15, 0.2) is 5.71 Å². The van der Waals surface area contributed by atoms with Crippen LogP contribution < -0.4 is 0 Å². The first-order chi connectivity index (χ1) is 7.13.